The molecule has 0 saturated carbocycles. The second kappa shape index (κ2) is 8.29. The lowest BCUT2D eigenvalue weighted by Gasteiger charge is -2.28. The molecule has 2 aromatic heterocycles. The summed E-state index contributed by atoms with van der Waals surface area (Å²) >= 11 is 6.23. The van der Waals surface area contributed by atoms with Crippen LogP contribution in [0.3, 0.4) is 0 Å². The summed E-state index contributed by atoms with van der Waals surface area (Å²) in [6.07, 6.45) is 5.37. The van der Waals surface area contributed by atoms with Gasteiger partial charge in [-0.05, 0) is 37.1 Å². The number of amides is 1. The molecule has 0 bridgehead atoms. The molecule has 152 valence electrons. The van der Waals surface area contributed by atoms with Crippen molar-refractivity contribution in [1.29, 1.82) is 0 Å². The molecule has 7 nitrogen and oxygen atoms in total. The third-order valence-corrected chi connectivity index (χ3v) is 5.63. The van der Waals surface area contributed by atoms with E-state index >= 15 is 0 Å². The quantitative estimate of drug-likeness (QED) is 0.628. The van der Waals surface area contributed by atoms with Crippen LogP contribution >= 0.6 is 11.6 Å². The molecule has 0 radical (unpaired) electrons. The van der Waals surface area contributed by atoms with E-state index in [2.05, 4.69) is 10.3 Å². The molecule has 8 heteroatoms. The Bertz CT molecular complexity index is 976. The summed E-state index contributed by atoms with van der Waals surface area (Å²) < 4.78 is 12.3. The minimum absolute atomic E-state index is 0.129. The Morgan fingerprint density at radius 1 is 1.24 bits per heavy atom. The highest BCUT2D eigenvalue weighted by molar-refractivity contribution is 6.33. The molecule has 1 saturated heterocycles. The first kappa shape index (κ1) is 19.5. The normalized spacial score (nSPS) is 17.2. The summed E-state index contributed by atoms with van der Waals surface area (Å²) in [7, 11) is 3.36. The fourth-order valence-electron chi connectivity index (χ4n) is 3.78. The van der Waals surface area contributed by atoms with Crippen LogP contribution in [0.25, 0.3) is 11.3 Å². The molecule has 1 amide bonds. The number of methoxy groups -OCH3 is 1. The number of halogens is 1. The molecule has 1 fully saturated rings. The number of aryl methyl sites for hydroxylation is 1. The Morgan fingerprint density at radius 3 is 2.72 bits per heavy atom. The molecular weight excluding hydrogens is 392 g/mol. The van der Waals surface area contributed by atoms with Crippen molar-refractivity contribution < 1.29 is 14.1 Å². The second-order valence-corrected chi connectivity index (χ2v) is 7.58. The van der Waals surface area contributed by atoms with Gasteiger partial charge in [0.25, 0.3) is 5.91 Å². The molecular formula is C21H23ClN4O3. The summed E-state index contributed by atoms with van der Waals surface area (Å²) in [6.45, 7) is 0.649. The number of benzene rings is 1. The Balaban J connectivity index is 1.64. The first-order valence-corrected chi connectivity index (χ1v) is 10.1. The van der Waals surface area contributed by atoms with Crippen molar-refractivity contribution in [3.63, 3.8) is 0 Å². The molecule has 4 rings (SSSR count). The highest BCUT2D eigenvalue weighted by Crippen LogP contribution is 2.34. The molecule has 0 spiro atoms. The molecule has 1 aliphatic rings. The van der Waals surface area contributed by atoms with Gasteiger partial charge in [0.15, 0.2) is 5.76 Å². The summed E-state index contributed by atoms with van der Waals surface area (Å²) in [5.41, 5.74) is 2.06. The SMILES string of the molecule is COc1ccc(-c2cc([C@H]3CCCCCN3C(=O)c3c(Cl)cnn3C)no2)cc1. The van der Waals surface area contributed by atoms with Gasteiger partial charge in [-0.25, -0.2) is 0 Å². The van der Waals surface area contributed by atoms with Crippen LogP contribution in [0.2, 0.25) is 5.02 Å². The maximum absolute atomic E-state index is 13.3. The zero-order chi connectivity index (χ0) is 20.4. The topological polar surface area (TPSA) is 73.4 Å². The van der Waals surface area contributed by atoms with Crippen LogP contribution in [0.5, 0.6) is 5.75 Å². The Kier molecular flexibility index (Phi) is 5.58. The van der Waals surface area contributed by atoms with E-state index in [4.69, 9.17) is 20.9 Å². The van der Waals surface area contributed by atoms with Crippen molar-refractivity contribution >= 4 is 17.5 Å². The number of carbonyl (C=O) groups excluding carboxylic acids is 1. The number of nitrogens with zero attached hydrogens (tertiary/aromatic N) is 4. The molecule has 0 aliphatic carbocycles. The van der Waals surface area contributed by atoms with Crippen molar-refractivity contribution in [2.24, 2.45) is 7.05 Å². The highest BCUT2D eigenvalue weighted by Gasteiger charge is 2.32. The highest BCUT2D eigenvalue weighted by atomic mass is 35.5. The van der Waals surface area contributed by atoms with Crippen LogP contribution in [0.15, 0.2) is 41.1 Å². The first-order chi connectivity index (χ1) is 14.1. The van der Waals surface area contributed by atoms with Crippen LogP contribution in [0.4, 0.5) is 0 Å². The minimum Gasteiger partial charge on any atom is -0.497 e. The maximum Gasteiger partial charge on any atom is 0.274 e. The summed E-state index contributed by atoms with van der Waals surface area (Å²) in [6, 6.07) is 9.37. The standard InChI is InChI=1S/C21H23ClN4O3/c1-25-20(16(22)13-23-25)21(27)26-11-5-3-4-6-18(26)17-12-19(29-24-17)14-7-9-15(28-2)10-8-14/h7-10,12-13,18H,3-6,11H2,1-2H3/t18-/m1/s1. The van der Waals surface area contributed by atoms with E-state index in [1.165, 1.54) is 10.9 Å². The van der Waals surface area contributed by atoms with E-state index < -0.39 is 0 Å². The third kappa shape index (κ3) is 3.87. The van der Waals surface area contributed by atoms with E-state index in [9.17, 15) is 4.79 Å². The molecule has 0 N–H and O–H groups in total. The third-order valence-electron chi connectivity index (χ3n) is 5.35. The first-order valence-electron chi connectivity index (χ1n) is 9.68. The van der Waals surface area contributed by atoms with E-state index in [0.29, 0.717) is 23.0 Å². The monoisotopic (exact) mass is 414 g/mol. The number of ether oxygens (including phenoxy) is 1. The fourth-order valence-corrected chi connectivity index (χ4v) is 4.03. The van der Waals surface area contributed by atoms with Gasteiger partial charge in [0.1, 0.15) is 17.1 Å². The molecule has 1 aliphatic heterocycles. The summed E-state index contributed by atoms with van der Waals surface area (Å²) in [5, 5.41) is 8.77. The fraction of sp³-hybridized carbons (Fsp3) is 0.381. The maximum atomic E-state index is 13.3. The minimum atomic E-state index is -0.160. The van der Waals surface area contributed by atoms with E-state index in [1.807, 2.05) is 35.2 Å². The van der Waals surface area contributed by atoms with Gasteiger partial charge in [-0.2, -0.15) is 5.10 Å². The van der Waals surface area contributed by atoms with Gasteiger partial charge in [-0.3, -0.25) is 9.48 Å². The number of likely N-dealkylation sites (tertiary alicyclic amines) is 1. The number of aromatic nitrogens is 3. The van der Waals surface area contributed by atoms with E-state index in [-0.39, 0.29) is 11.9 Å². The van der Waals surface area contributed by atoms with Crippen LogP contribution < -0.4 is 4.74 Å². The summed E-state index contributed by atoms with van der Waals surface area (Å²) in [5.74, 6) is 1.32. The van der Waals surface area contributed by atoms with Crippen LogP contribution in [0, 0.1) is 0 Å². The number of rotatable bonds is 4. The van der Waals surface area contributed by atoms with Gasteiger partial charge < -0.3 is 14.2 Å². The van der Waals surface area contributed by atoms with Crippen LogP contribution in [-0.2, 0) is 7.05 Å². The molecule has 3 aromatic rings. The lowest BCUT2D eigenvalue weighted by atomic mass is 10.0. The number of hydrogen-bond donors (Lipinski definition) is 0. The van der Waals surface area contributed by atoms with Crippen LogP contribution in [-0.4, -0.2) is 39.4 Å². The average molecular weight is 415 g/mol. The van der Waals surface area contributed by atoms with Crippen LogP contribution in [0.1, 0.15) is 47.9 Å². The average Bonchev–Trinajstić information content (AvgIpc) is 3.26. The smallest absolute Gasteiger partial charge is 0.274 e. The Labute approximate surface area is 174 Å². The van der Waals surface area contributed by atoms with E-state index in [1.54, 1.807) is 14.2 Å². The molecule has 1 atom stereocenters. The van der Waals surface area contributed by atoms with Gasteiger partial charge >= 0.3 is 0 Å². The van der Waals surface area contributed by atoms with Gasteiger partial charge in [-0.1, -0.05) is 29.6 Å². The molecule has 29 heavy (non-hydrogen) atoms. The van der Waals surface area contributed by atoms with Crippen molar-refractivity contribution in [2.75, 3.05) is 13.7 Å². The van der Waals surface area contributed by atoms with Crippen molar-refractivity contribution in [3.05, 3.63) is 52.9 Å². The van der Waals surface area contributed by atoms with Gasteiger partial charge in [0, 0.05) is 25.2 Å². The van der Waals surface area contributed by atoms with Crippen molar-refractivity contribution in [3.8, 4) is 17.1 Å². The predicted octanol–water partition coefficient (Wildman–Crippen LogP) is 4.49. The molecule has 3 heterocycles. The van der Waals surface area contributed by atoms with E-state index in [0.717, 1.165) is 42.7 Å². The Hall–Kier alpha value is -2.80. The van der Waals surface area contributed by atoms with Gasteiger partial charge in [0.05, 0.1) is 24.4 Å². The van der Waals surface area contributed by atoms with Crippen molar-refractivity contribution in [2.45, 2.75) is 31.7 Å². The predicted molar refractivity (Wildman–Crippen MR) is 109 cm³/mol. The summed E-state index contributed by atoms with van der Waals surface area (Å²) in [4.78, 5) is 15.1. The lowest BCUT2D eigenvalue weighted by Crippen LogP contribution is -2.36. The lowest BCUT2D eigenvalue weighted by molar-refractivity contribution is 0.0663. The van der Waals surface area contributed by atoms with Crippen molar-refractivity contribution in [1.82, 2.24) is 19.8 Å². The zero-order valence-electron chi connectivity index (χ0n) is 16.5. The molecule has 1 aromatic carbocycles. The number of hydrogen-bond acceptors (Lipinski definition) is 5. The van der Waals surface area contributed by atoms with Gasteiger partial charge in [-0.15, -0.1) is 0 Å². The van der Waals surface area contributed by atoms with Gasteiger partial charge in [0.2, 0.25) is 0 Å². The number of carbonyl (C=O) groups is 1. The second-order valence-electron chi connectivity index (χ2n) is 7.17. The largest absolute Gasteiger partial charge is 0.497 e. The molecule has 0 unspecified atom stereocenters. The Morgan fingerprint density at radius 2 is 2.03 bits per heavy atom. The zero-order valence-corrected chi connectivity index (χ0v) is 17.2.